The normalized spacial score (nSPS) is 11.2. The van der Waals surface area contributed by atoms with Gasteiger partial charge in [0.25, 0.3) is 0 Å². The van der Waals surface area contributed by atoms with Crippen molar-refractivity contribution in [3.05, 3.63) is 118 Å². The standard InChI is InChI=1S/C29H14F6O4/c1-13-20-11-16(38-28(36)18-6-8-22(30)26(34)24(18)32)4-2-14(20)10-15-3-5-17(12-21(13)15)39-29(37)19-7-9-23(31)27(35)25(19)33/h2-12H,1H3. The zero-order valence-corrected chi connectivity index (χ0v) is 19.8. The van der Waals surface area contributed by atoms with Crippen LogP contribution in [0.4, 0.5) is 26.3 Å². The Labute approximate surface area is 216 Å². The SMILES string of the molecule is Cc1c2cc(OC(=O)c3ccc(F)c(F)c3F)ccc2cc2ccc(OC(=O)c3ccc(F)c(F)c3F)cc12. The van der Waals surface area contributed by atoms with Gasteiger partial charge < -0.3 is 9.47 Å². The van der Waals surface area contributed by atoms with Crippen LogP contribution in [-0.4, -0.2) is 11.9 Å². The second kappa shape index (κ2) is 9.79. The van der Waals surface area contributed by atoms with Crippen molar-refractivity contribution in [2.24, 2.45) is 0 Å². The minimum Gasteiger partial charge on any atom is -0.423 e. The fourth-order valence-electron chi connectivity index (χ4n) is 4.10. The number of hydrogen-bond acceptors (Lipinski definition) is 4. The largest absolute Gasteiger partial charge is 0.423 e. The Balaban J connectivity index is 1.47. The smallest absolute Gasteiger partial charge is 0.346 e. The van der Waals surface area contributed by atoms with Crippen molar-refractivity contribution >= 4 is 33.5 Å². The summed E-state index contributed by atoms with van der Waals surface area (Å²) in [5, 5.41) is 2.64. The van der Waals surface area contributed by atoms with Crippen LogP contribution in [0.1, 0.15) is 26.3 Å². The van der Waals surface area contributed by atoms with Gasteiger partial charge in [0.2, 0.25) is 0 Å². The summed E-state index contributed by atoms with van der Waals surface area (Å²) in [6.45, 7) is 1.73. The molecule has 0 aliphatic heterocycles. The molecule has 0 spiro atoms. The number of rotatable bonds is 4. The molecule has 0 amide bonds. The van der Waals surface area contributed by atoms with Crippen LogP contribution in [0.15, 0.2) is 66.7 Å². The van der Waals surface area contributed by atoms with Crippen LogP contribution in [-0.2, 0) is 0 Å². The maximum Gasteiger partial charge on any atom is 0.346 e. The van der Waals surface area contributed by atoms with Gasteiger partial charge in [-0.3, -0.25) is 0 Å². The van der Waals surface area contributed by atoms with Crippen molar-refractivity contribution in [1.29, 1.82) is 0 Å². The molecule has 5 aromatic carbocycles. The second-order valence-electron chi connectivity index (χ2n) is 8.49. The maximum absolute atomic E-state index is 14.0. The maximum atomic E-state index is 14.0. The molecule has 0 atom stereocenters. The minimum absolute atomic E-state index is 0.00419. The Morgan fingerprint density at radius 2 is 0.949 bits per heavy atom. The van der Waals surface area contributed by atoms with Gasteiger partial charge in [-0.1, -0.05) is 12.1 Å². The van der Waals surface area contributed by atoms with Crippen LogP contribution >= 0.6 is 0 Å². The molecule has 10 heteroatoms. The van der Waals surface area contributed by atoms with Crippen LogP contribution < -0.4 is 9.47 Å². The van der Waals surface area contributed by atoms with Crippen LogP contribution in [0.5, 0.6) is 11.5 Å². The number of benzene rings is 5. The number of ether oxygens (including phenoxy) is 2. The van der Waals surface area contributed by atoms with Gasteiger partial charge in [0, 0.05) is 0 Å². The van der Waals surface area contributed by atoms with Crippen molar-refractivity contribution in [2.45, 2.75) is 6.92 Å². The van der Waals surface area contributed by atoms with E-state index in [9.17, 15) is 35.9 Å². The van der Waals surface area contributed by atoms with E-state index in [1.54, 1.807) is 25.1 Å². The minimum atomic E-state index is -1.80. The number of hydrogen-bond donors (Lipinski definition) is 0. The summed E-state index contributed by atoms with van der Waals surface area (Å²) in [6.07, 6.45) is 0. The molecule has 0 N–H and O–H groups in total. The van der Waals surface area contributed by atoms with Crippen molar-refractivity contribution in [1.82, 2.24) is 0 Å². The highest BCUT2D eigenvalue weighted by atomic mass is 19.2. The highest BCUT2D eigenvalue weighted by Gasteiger charge is 2.22. The van der Waals surface area contributed by atoms with Crippen LogP contribution in [0.25, 0.3) is 21.5 Å². The molecule has 0 unspecified atom stereocenters. The highest BCUT2D eigenvalue weighted by molar-refractivity contribution is 6.03. The zero-order valence-electron chi connectivity index (χ0n) is 19.8. The molecule has 196 valence electrons. The van der Waals surface area contributed by atoms with Gasteiger partial charge >= 0.3 is 11.9 Å². The Bertz CT molecular complexity index is 1700. The molecular weight excluding hydrogens is 526 g/mol. The van der Waals surface area contributed by atoms with Crippen LogP contribution in [0, 0.1) is 41.8 Å². The predicted molar refractivity (Wildman–Crippen MR) is 129 cm³/mol. The Morgan fingerprint density at radius 1 is 0.538 bits per heavy atom. The molecule has 0 radical (unpaired) electrons. The van der Waals surface area contributed by atoms with E-state index in [1.165, 1.54) is 24.3 Å². The van der Waals surface area contributed by atoms with Gasteiger partial charge in [-0.2, -0.15) is 0 Å². The quantitative estimate of drug-likeness (QED) is 0.0776. The summed E-state index contributed by atoms with van der Waals surface area (Å²) in [4.78, 5) is 24.8. The van der Waals surface area contributed by atoms with Crippen molar-refractivity contribution < 1.29 is 45.4 Å². The lowest BCUT2D eigenvalue weighted by atomic mass is 9.97. The zero-order chi connectivity index (χ0) is 28.0. The molecular formula is C29H14F6O4. The monoisotopic (exact) mass is 540 g/mol. The topological polar surface area (TPSA) is 52.6 Å². The third-order valence-corrected chi connectivity index (χ3v) is 6.10. The van der Waals surface area contributed by atoms with E-state index < -0.39 is 58.0 Å². The number of fused-ring (bicyclic) bond motifs is 2. The van der Waals surface area contributed by atoms with Crippen LogP contribution in [0.2, 0.25) is 0 Å². The third kappa shape index (κ3) is 4.65. The van der Waals surface area contributed by atoms with Gasteiger partial charge in [-0.15, -0.1) is 0 Å². The van der Waals surface area contributed by atoms with E-state index in [-0.39, 0.29) is 11.5 Å². The second-order valence-corrected chi connectivity index (χ2v) is 8.49. The first-order valence-corrected chi connectivity index (χ1v) is 11.2. The van der Waals surface area contributed by atoms with E-state index in [1.807, 2.05) is 0 Å². The number of aryl methyl sites for hydroxylation is 1. The van der Waals surface area contributed by atoms with Crippen LogP contribution in [0.3, 0.4) is 0 Å². The molecule has 4 nitrogen and oxygen atoms in total. The van der Waals surface area contributed by atoms with Gasteiger partial charge in [0.15, 0.2) is 34.9 Å². The molecule has 39 heavy (non-hydrogen) atoms. The van der Waals surface area contributed by atoms with E-state index in [0.717, 1.165) is 22.9 Å². The lowest BCUT2D eigenvalue weighted by Crippen LogP contribution is -2.12. The van der Waals surface area contributed by atoms with E-state index in [2.05, 4.69) is 0 Å². The molecule has 0 fully saturated rings. The first kappa shape index (κ1) is 25.8. The fraction of sp³-hybridized carbons (Fsp3) is 0.0345. The Hall–Kier alpha value is -4.86. The molecule has 0 saturated heterocycles. The van der Waals surface area contributed by atoms with Crippen molar-refractivity contribution in [2.75, 3.05) is 0 Å². The number of halogens is 6. The molecule has 0 bridgehead atoms. The van der Waals surface area contributed by atoms with Gasteiger partial charge in [-0.05, 0) is 88.6 Å². The molecule has 5 aromatic rings. The molecule has 0 aromatic heterocycles. The van der Waals surface area contributed by atoms with E-state index in [4.69, 9.17) is 9.47 Å². The first-order valence-electron chi connectivity index (χ1n) is 11.2. The van der Waals surface area contributed by atoms with Gasteiger partial charge in [0.05, 0.1) is 11.1 Å². The summed E-state index contributed by atoms with van der Waals surface area (Å²) >= 11 is 0. The lowest BCUT2D eigenvalue weighted by Gasteiger charge is -2.12. The summed E-state index contributed by atoms with van der Waals surface area (Å²) in [5.74, 6) is -12.3. The third-order valence-electron chi connectivity index (χ3n) is 6.10. The number of carbonyl (C=O) groups is 2. The predicted octanol–water partition coefficient (Wildman–Crippen LogP) is 7.57. The fourth-order valence-corrected chi connectivity index (χ4v) is 4.10. The van der Waals surface area contributed by atoms with E-state index >= 15 is 0 Å². The Kier molecular flexibility index (Phi) is 6.47. The number of esters is 2. The summed E-state index contributed by atoms with van der Waals surface area (Å²) in [7, 11) is 0. The molecule has 0 saturated carbocycles. The Morgan fingerprint density at radius 3 is 1.36 bits per heavy atom. The molecule has 0 aliphatic carbocycles. The average molecular weight is 540 g/mol. The summed E-state index contributed by atoms with van der Waals surface area (Å²) < 4.78 is 91.8. The first-order chi connectivity index (χ1) is 18.5. The number of carbonyl (C=O) groups excluding carboxylic acids is 2. The summed E-state index contributed by atoms with van der Waals surface area (Å²) in [6, 6.07) is 13.6. The van der Waals surface area contributed by atoms with Crippen molar-refractivity contribution in [3.63, 3.8) is 0 Å². The molecule has 0 aliphatic rings. The van der Waals surface area contributed by atoms with Crippen molar-refractivity contribution in [3.8, 4) is 11.5 Å². The van der Waals surface area contributed by atoms with E-state index in [0.29, 0.717) is 28.5 Å². The average Bonchev–Trinajstić information content (AvgIpc) is 2.91. The molecule has 0 heterocycles. The van der Waals surface area contributed by atoms with Gasteiger partial charge in [-0.25, -0.2) is 35.9 Å². The lowest BCUT2D eigenvalue weighted by molar-refractivity contribution is 0.0718. The summed E-state index contributed by atoms with van der Waals surface area (Å²) in [5.41, 5.74) is -0.919. The van der Waals surface area contributed by atoms with Gasteiger partial charge in [0.1, 0.15) is 11.5 Å². The molecule has 5 rings (SSSR count). The highest BCUT2D eigenvalue weighted by Crippen LogP contribution is 2.33.